The topological polar surface area (TPSA) is 132 Å². The SMILES string of the molecule is Cc1ccc(S(=O)(=O)n2ccc3c(S(C)(=O)=O)c(Oc4ccc(F)c(C(=N)N)c4)c(F)cc32)cc1. The molecule has 3 aromatic carbocycles. The molecule has 182 valence electrons. The van der Waals surface area contributed by atoms with Gasteiger partial charge in [0.2, 0.25) is 0 Å². The van der Waals surface area contributed by atoms with E-state index in [1.165, 1.54) is 18.2 Å². The molecule has 4 aromatic rings. The number of halogens is 2. The molecule has 4 rings (SSSR count). The number of rotatable bonds is 6. The Morgan fingerprint density at radius 1 is 0.971 bits per heavy atom. The summed E-state index contributed by atoms with van der Waals surface area (Å²) in [5.74, 6) is -3.46. The van der Waals surface area contributed by atoms with Gasteiger partial charge < -0.3 is 10.5 Å². The zero-order valence-corrected chi connectivity index (χ0v) is 20.0. The van der Waals surface area contributed by atoms with Crippen molar-refractivity contribution >= 4 is 36.6 Å². The number of ether oxygens (including phenoxy) is 1. The summed E-state index contributed by atoms with van der Waals surface area (Å²) in [7, 11) is -8.33. The molecule has 0 amide bonds. The van der Waals surface area contributed by atoms with Crippen molar-refractivity contribution in [3.63, 3.8) is 0 Å². The first kappa shape index (κ1) is 24.4. The van der Waals surface area contributed by atoms with Crippen LogP contribution in [0.3, 0.4) is 0 Å². The fraction of sp³-hybridized carbons (Fsp3) is 0.0870. The number of amidine groups is 1. The fourth-order valence-corrected chi connectivity index (χ4v) is 5.95. The zero-order chi connectivity index (χ0) is 25.7. The van der Waals surface area contributed by atoms with Crippen LogP contribution in [0.15, 0.2) is 70.6 Å². The summed E-state index contributed by atoms with van der Waals surface area (Å²) in [5.41, 5.74) is 5.65. The van der Waals surface area contributed by atoms with E-state index in [-0.39, 0.29) is 27.1 Å². The number of hydrogen-bond acceptors (Lipinski definition) is 6. The molecule has 0 aliphatic carbocycles. The fourth-order valence-electron chi connectivity index (χ4n) is 3.57. The quantitative estimate of drug-likeness (QED) is 0.293. The Morgan fingerprint density at radius 2 is 1.63 bits per heavy atom. The van der Waals surface area contributed by atoms with Crippen LogP contribution in [0.1, 0.15) is 11.1 Å². The highest BCUT2D eigenvalue weighted by Gasteiger charge is 2.28. The van der Waals surface area contributed by atoms with Crippen molar-refractivity contribution in [1.82, 2.24) is 3.97 Å². The molecular formula is C23H19F2N3O5S2. The molecule has 0 aliphatic rings. The highest BCUT2D eigenvalue weighted by Crippen LogP contribution is 2.39. The van der Waals surface area contributed by atoms with E-state index in [1.54, 1.807) is 19.1 Å². The van der Waals surface area contributed by atoms with E-state index in [0.717, 1.165) is 46.3 Å². The molecule has 0 aliphatic heterocycles. The number of aromatic nitrogens is 1. The summed E-state index contributed by atoms with van der Waals surface area (Å²) in [4.78, 5) is -0.649. The van der Waals surface area contributed by atoms with E-state index in [9.17, 15) is 21.2 Å². The Labute approximate surface area is 200 Å². The van der Waals surface area contributed by atoms with Crippen molar-refractivity contribution in [2.45, 2.75) is 16.7 Å². The average Bonchev–Trinajstić information content (AvgIpc) is 3.18. The second-order valence-electron chi connectivity index (χ2n) is 7.81. The maximum Gasteiger partial charge on any atom is 0.268 e. The van der Waals surface area contributed by atoms with Crippen LogP contribution in [0.5, 0.6) is 11.5 Å². The van der Waals surface area contributed by atoms with E-state index in [0.29, 0.717) is 0 Å². The van der Waals surface area contributed by atoms with Crippen molar-refractivity contribution in [3.8, 4) is 11.5 Å². The minimum Gasteiger partial charge on any atom is -0.453 e. The number of fused-ring (bicyclic) bond motifs is 1. The van der Waals surface area contributed by atoms with Crippen LogP contribution in [-0.2, 0) is 19.9 Å². The van der Waals surface area contributed by atoms with Gasteiger partial charge in [-0.15, -0.1) is 0 Å². The largest absolute Gasteiger partial charge is 0.453 e. The summed E-state index contributed by atoms with van der Waals surface area (Å²) in [6.07, 6.45) is 1.95. The lowest BCUT2D eigenvalue weighted by Crippen LogP contribution is -2.13. The van der Waals surface area contributed by atoms with Crippen LogP contribution >= 0.6 is 0 Å². The standard InChI is InChI=1S/C23H19F2N3O5S2/c1-13-3-6-15(7-4-13)35(31,32)28-10-9-16-20(28)12-19(25)21(22(16)34(2,29)30)33-14-5-8-18(24)17(11-14)23(26)27/h3-12H,1-2H3,(H3,26,27). The summed E-state index contributed by atoms with van der Waals surface area (Å²) >= 11 is 0. The molecule has 1 heterocycles. The van der Waals surface area contributed by atoms with Crippen LogP contribution in [0, 0.1) is 24.0 Å². The van der Waals surface area contributed by atoms with Crippen molar-refractivity contribution < 1.29 is 30.4 Å². The van der Waals surface area contributed by atoms with Crippen molar-refractivity contribution in [2.24, 2.45) is 5.73 Å². The third-order valence-electron chi connectivity index (χ3n) is 5.22. The van der Waals surface area contributed by atoms with Gasteiger partial charge in [-0.2, -0.15) is 0 Å². The normalized spacial score (nSPS) is 12.1. The first-order valence-electron chi connectivity index (χ1n) is 9.98. The lowest BCUT2D eigenvalue weighted by atomic mass is 10.2. The highest BCUT2D eigenvalue weighted by molar-refractivity contribution is 7.91. The lowest BCUT2D eigenvalue weighted by molar-refractivity contribution is 0.429. The van der Waals surface area contributed by atoms with E-state index in [2.05, 4.69) is 0 Å². The van der Waals surface area contributed by atoms with Crippen molar-refractivity contribution in [3.05, 3.63) is 83.6 Å². The van der Waals surface area contributed by atoms with Gasteiger partial charge in [0, 0.05) is 23.9 Å². The van der Waals surface area contributed by atoms with Gasteiger partial charge in [0.1, 0.15) is 22.3 Å². The lowest BCUT2D eigenvalue weighted by Gasteiger charge is -2.14. The van der Waals surface area contributed by atoms with Gasteiger partial charge in [0.15, 0.2) is 21.4 Å². The predicted molar refractivity (Wildman–Crippen MR) is 126 cm³/mol. The van der Waals surface area contributed by atoms with Crippen molar-refractivity contribution in [2.75, 3.05) is 6.26 Å². The summed E-state index contributed by atoms with van der Waals surface area (Å²) in [5, 5.41) is 7.35. The molecule has 0 radical (unpaired) electrons. The third kappa shape index (κ3) is 4.37. The van der Waals surface area contributed by atoms with E-state index >= 15 is 4.39 Å². The third-order valence-corrected chi connectivity index (χ3v) is 8.07. The highest BCUT2D eigenvalue weighted by atomic mass is 32.2. The number of hydrogen-bond donors (Lipinski definition) is 2. The molecule has 0 fully saturated rings. The molecule has 0 atom stereocenters. The smallest absolute Gasteiger partial charge is 0.268 e. The molecule has 0 saturated heterocycles. The Morgan fingerprint density at radius 3 is 2.23 bits per heavy atom. The zero-order valence-electron chi connectivity index (χ0n) is 18.4. The number of benzene rings is 3. The molecule has 0 bridgehead atoms. The molecule has 3 N–H and O–H groups in total. The monoisotopic (exact) mass is 519 g/mol. The van der Waals surface area contributed by atoms with Crippen molar-refractivity contribution in [1.29, 1.82) is 5.41 Å². The summed E-state index contributed by atoms with van der Waals surface area (Å²) < 4.78 is 87.2. The van der Waals surface area contributed by atoms with Gasteiger partial charge in [0.25, 0.3) is 10.0 Å². The van der Waals surface area contributed by atoms with Crippen LogP contribution in [0.4, 0.5) is 8.78 Å². The number of nitrogen functional groups attached to an aromatic ring is 1. The molecule has 1 aromatic heterocycles. The van der Waals surface area contributed by atoms with Gasteiger partial charge >= 0.3 is 0 Å². The van der Waals surface area contributed by atoms with E-state index in [4.69, 9.17) is 15.9 Å². The molecule has 0 unspecified atom stereocenters. The van der Waals surface area contributed by atoms with E-state index < -0.39 is 48.0 Å². The Balaban J connectivity index is 1.94. The number of aryl methyl sites for hydroxylation is 1. The van der Waals surface area contributed by atoms with Crippen LogP contribution in [-0.4, -0.2) is 32.9 Å². The Kier molecular flexibility index (Phi) is 5.89. The van der Waals surface area contributed by atoms with Gasteiger partial charge in [-0.3, -0.25) is 5.41 Å². The molecule has 0 saturated carbocycles. The molecular weight excluding hydrogens is 500 g/mol. The molecule has 35 heavy (non-hydrogen) atoms. The minimum atomic E-state index is -4.17. The summed E-state index contributed by atoms with van der Waals surface area (Å²) in [6, 6.07) is 11.1. The van der Waals surface area contributed by atoms with Gasteiger partial charge in [0.05, 0.1) is 16.0 Å². The Hall–Kier alpha value is -3.77. The van der Waals surface area contributed by atoms with E-state index in [1.807, 2.05) is 0 Å². The van der Waals surface area contributed by atoms with Gasteiger partial charge in [-0.25, -0.2) is 29.6 Å². The second-order valence-corrected chi connectivity index (χ2v) is 11.6. The van der Waals surface area contributed by atoms with Crippen LogP contribution < -0.4 is 10.5 Å². The first-order chi connectivity index (χ1) is 16.3. The number of nitrogens with two attached hydrogens (primary N) is 1. The molecule has 8 nitrogen and oxygen atoms in total. The molecule has 12 heteroatoms. The molecule has 0 spiro atoms. The number of sulfone groups is 1. The predicted octanol–water partition coefficient (Wildman–Crippen LogP) is 3.94. The summed E-state index contributed by atoms with van der Waals surface area (Å²) in [6.45, 7) is 1.79. The maximum atomic E-state index is 15.3. The van der Waals surface area contributed by atoms with Gasteiger partial charge in [-0.1, -0.05) is 17.7 Å². The van der Waals surface area contributed by atoms with Crippen LogP contribution in [0.2, 0.25) is 0 Å². The number of nitrogens with one attached hydrogen (secondary N) is 1. The Bertz CT molecular complexity index is 1710. The first-order valence-corrected chi connectivity index (χ1v) is 13.3. The van der Waals surface area contributed by atoms with Crippen LogP contribution in [0.25, 0.3) is 10.9 Å². The number of nitrogens with zero attached hydrogens (tertiary/aromatic N) is 1. The van der Waals surface area contributed by atoms with Gasteiger partial charge in [-0.05, 0) is 43.3 Å². The second kappa shape index (κ2) is 8.47. The maximum absolute atomic E-state index is 15.3. The average molecular weight is 520 g/mol. The minimum absolute atomic E-state index is 0.0645.